The lowest BCUT2D eigenvalue weighted by atomic mass is 10.2. The number of benzene rings is 1. The van der Waals surface area contributed by atoms with Crippen LogP contribution in [-0.2, 0) is 11.3 Å². The SMILES string of the molecule is O=C(Nc1ccc(-n2cncn2)cc1)N(Cc1ccncc1)C[C@H]1CCCO1. The highest BCUT2D eigenvalue weighted by Gasteiger charge is 2.23. The number of carbonyl (C=O) groups excluding carboxylic acids is 1. The highest BCUT2D eigenvalue weighted by molar-refractivity contribution is 5.89. The molecular weight excluding hydrogens is 356 g/mol. The van der Waals surface area contributed by atoms with E-state index < -0.39 is 0 Å². The molecule has 2 amide bonds. The minimum atomic E-state index is -0.152. The van der Waals surface area contributed by atoms with Gasteiger partial charge in [-0.05, 0) is 54.8 Å². The number of pyridine rings is 1. The predicted octanol–water partition coefficient (Wildman–Crippen LogP) is 2.88. The topological polar surface area (TPSA) is 85.2 Å². The Morgan fingerprint density at radius 1 is 1.18 bits per heavy atom. The summed E-state index contributed by atoms with van der Waals surface area (Å²) in [6.45, 7) is 1.83. The van der Waals surface area contributed by atoms with Crippen LogP contribution in [0, 0.1) is 0 Å². The fraction of sp³-hybridized carbons (Fsp3) is 0.300. The molecule has 0 radical (unpaired) electrons. The number of aromatic nitrogens is 4. The largest absolute Gasteiger partial charge is 0.376 e. The van der Waals surface area contributed by atoms with Crippen molar-refractivity contribution in [3.63, 3.8) is 0 Å². The molecule has 144 valence electrons. The van der Waals surface area contributed by atoms with Gasteiger partial charge in [0.1, 0.15) is 12.7 Å². The first-order valence-corrected chi connectivity index (χ1v) is 9.29. The lowest BCUT2D eigenvalue weighted by molar-refractivity contribution is 0.0819. The van der Waals surface area contributed by atoms with Crippen LogP contribution in [0.15, 0.2) is 61.4 Å². The van der Waals surface area contributed by atoms with Gasteiger partial charge in [0.25, 0.3) is 0 Å². The van der Waals surface area contributed by atoms with Gasteiger partial charge in [-0.25, -0.2) is 14.5 Å². The summed E-state index contributed by atoms with van der Waals surface area (Å²) >= 11 is 0. The van der Waals surface area contributed by atoms with Crippen LogP contribution in [-0.4, -0.2) is 49.9 Å². The molecule has 1 aliphatic heterocycles. The number of hydrogen-bond donors (Lipinski definition) is 1. The minimum absolute atomic E-state index is 0.0854. The van der Waals surface area contributed by atoms with Gasteiger partial charge in [-0.1, -0.05) is 0 Å². The fourth-order valence-corrected chi connectivity index (χ4v) is 3.20. The molecule has 1 N–H and O–H groups in total. The standard InChI is InChI=1S/C20H22N6O2/c27-20(24-17-3-5-18(6-4-17)26-15-22-14-23-26)25(13-19-2-1-11-28-19)12-16-7-9-21-10-8-16/h3-10,14-15,19H,1-2,11-13H2,(H,24,27)/t19-/m1/s1. The molecule has 0 aliphatic carbocycles. The number of nitrogens with zero attached hydrogens (tertiary/aromatic N) is 5. The fourth-order valence-electron chi connectivity index (χ4n) is 3.20. The molecule has 1 aromatic carbocycles. The van der Waals surface area contributed by atoms with Crippen molar-refractivity contribution in [2.24, 2.45) is 0 Å². The third kappa shape index (κ3) is 4.52. The summed E-state index contributed by atoms with van der Waals surface area (Å²) in [5.74, 6) is 0. The van der Waals surface area contributed by atoms with Gasteiger partial charge in [-0.2, -0.15) is 5.10 Å². The first-order chi connectivity index (χ1) is 13.8. The van der Waals surface area contributed by atoms with Crippen molar-refractivity contribution in [3.8, 4) is 5.69 Å². The van der Waals surface area contributed by atoms with Gasteiger partial charge >= 0.3 is 6.03 Å². The lowest BCUT2D eigenvalue weighted by Gasteiger charge is -2.26. The van der Waals surface area contributed by atoms with Crippen molar-refractivity contribution in [2.45, 2.75) is 25.5 Å². The van der Waals surface area contributed by atoms with Crippen LogP contribution < -0.4 is 5.32 Å². The van der Waals surface area contributed by atoms with Crippen LogP contribution >= 0.6 is 0 Å². The highest BCUT2D eigenvalue weighted by atomic mass is 16.5. The maximum atomic E-state index is 12.9. The zero-order chi connectivity index (χ0) is 19.2. The number of amides is 2. The van der Waals surface area contributed by atoms with E-state index in [0.29, 0.717) is 13.1 Å². The van der Waals surface area contributed by atoms with Crippen LogP contribution in [0.1, 0.15) is 18.4 Å². The summed E-state index contributed by atoms with van der Waals surface area (Å²) in [6.07, 6.45) is 8.69. The third-order valence-electron chi connectivity index (χ3n) is 4.66. The molecule has 4 rings (SSSR count). The Kier molecular flexibility index (Phi) is 5.58. The summed E-state index contributed by atoms with van der Waals surface area (Å²) < 4.78 is 7.39. The number of anilines is 1. The molecule has 2 aromatic heterocycles. The van der Waals surface area contributed by atoms with Crippen molar-refractivity contribution < 1.29 is 9.53 Å². The van der Waals surface area contributed by atoms with Crippen molar-refractivity contribution in [3.05, 3.63) is 67.0 Å². The van der Waals surface area contributed by atoms with E-state index in [1.165, 1.54) is 6.33 Å². The Balaban J connectivity index is 1.44. The molecule has 8 nitrogen and oxygen atoms in total. The van der Waals surface area contributed by atoms with E-state index in [1.807, 2.05) is 36.4 Å². The van der Waals surface area contributed by atoms with E-state index in [1.54, 1.807) is 28.3 Å². The number of ether oxygens (including phenoxy) is 1. The quantitative estimate of drug-likeness (QED) is 0.713. The summed E-state index contributed by atoms with van der Waals surface area (Å²) in [4.78, 5) is 22.7. The Morgan fingerprint density at radius 3 is 2.68 bits per heavy atom. The summed E-state index contributed by atoms with van der Waals surface area (Å²) in [5.41, 5.74) is 2.63. The Bertz CT molecular complexity index is 877. The maximum Gasteiger partial charge on any atom is 0.322 e. The molecule has 1 saturated heterocycles. The van der Waals surface area contributed by atoms with E-state index in [9.17, 15) is 4.79 Å². The second kappa shape index (κ2) is 8.62. The summed E-state index contributed by atoms with van der Waals surface area (Å²) in [7, 11) is 0. The van der Waals surface area contributed by atoms with E-state index in [-0.39, 0.29) is 12.1 Å². The monoisotopic (exact) mass is 378 g/mol. The molecule has 1 fully saturated rings. The van der Waals surface area contributed by atoms with Gasteiger partial charge in [-0.3, -0.25) is 4.98 Å². The predicted molar refractivity (Wildman–Crippen MR) is 104 cm³/mol. The summed E-state index contributed by atoms with van der Waals surface area (Å²) in [5, 5.41) is 7.08. The first kappa shape index (κ1) is 18.1. The third-order valence-corrected chi connectivity index (χ3v) is 4.66. The van der Waals surface area contributed by atoms with Crippen LogP contribution in [0.3, 0.4) is 0 Å². The zero-order valence-electron chi connectivity index (χ0n) is 15.4. The molecule has 1 aliphatic rings. The Morgan fingerprint density at radius 2 is 2.00 bits per heavy atom. The first-order valence-electron chi connectivity index (χ1n) is 9.29. The summed E-state index contributed by atoms with van der Waals surface area (Å²) in [6, 6.07) is 11.2. The average Bonchev–Trinajstić information content (AvgIpc) is 3.43. The van der Waals surface area contributed by atoms with Gasteiger partial charge in [0, 0.05) is 37.8 Å². The second-order valence-electron chi connectivity index (χ2n) is 6.69. The van der Waals surface area contributed by atoms with Gasteiger partial charge in [0.2, 0.25) is 0 Å². The number of urea groups is 1. The lowest BCUT2D eigenvalue weighted by Crippen LogP contribution is -2.39. The molecule has 28 heavy (non-hydrogen) atoms. The highest BCUT2D eigenvalue weighted by Crippen LogP contribution is 2.17. The zero-order valence-corrected chi connectivity index (χ0v) is 15.4. The normalized spacial score (nSPS) is 16.1. The number of hydrogen-bond acceptors (Lipinski definition) is 5. The van der Waals surface area contributed by atoms with Gasteiger partial charge in [0.15, 0.2) is 0 Å². The van der Waals surface area contributed by atoms with Gasteiger partial charge in [-0.15, -0.1) is 0 Å². The van der Waals surface area contributed by atoms with E-state index in [4.69, 9.17) is 4.74 Å². The van der Waals surface area contributed by atoms with Gasteiger partial charge < -0.3 is 15.0 Å². The molecule has 0 spiro atoms. The van der Waals surface area contributed by atoms with E-state index >= 15 is 0 Å². The minimum Gasteiger partial charge on any atom is -0.376 e. The van der Waals surface area contributed by atoms with Crippen LogP contribution in [0.25, 0.3) is 5.69 Å². The second-order valence-corrected chi connectivity index (χ2v) is 6.69. The molecule has 3 heterocycles. The van der Waals surface area contributed by atoms with Crippen molar-refractivity contribution >= 4 is 11.7 Å². The molecule has 3 aromatic rings. The average molecular weight is 378 g/mol. The molecular formula is C20H22N6O2. The van der Waals surface area contributed by atoms with Crippen molar-refractivity contribution in [2.75, 3.05) is 18.5 Å². The number of rotatable bonds is 6. The van der Waals surface area contributed by atoms with Crippen molar-refractivity contribution in [1.82, 2.24) is 24.6 Å². The Hall–Kier alpha value is -3.26. The number of nitrogens with one attached hydrogen (secondary N) is 1. The molecule has 1 atom stereocenters. The maximum absolute atomic E-state index is 12.9. The van der Waals surface area contributed by atoms with Crippen molar-refractivity contribution in [1.29, 1.82) is 0 Å². The molecule has 0 saturated carbocycles. The van der Waals surface area contributed by atoms with Gasteiger partial charge in [0.05, 0.1) is 11.8 Å². The smallest absolute Gasteiger partial charge is 0.322 e. The van der Waals surface area contributed by atoms with Crippen LogP contribution in [0.5, 0.6) is 0 Å². The van der Waals surface area contributed by atoms with E-state index in [0.717, 1.165) is 36.4 Å². The van der Waals surface area contributed by atoms with E-state index in [2.05, 4.69) is 20.4 Å². The Labute approximate surface area is 163 Å². The molecule has 0 bridgehead atoms. The number of carbonyl (C=O) groups is 1. The van der Waals surface area contributed by atoms with Crippen LogP contribution in [0.4, 0.5) is 10.5 Å². The molecule has 0 unspecified atom stereocenters. The van der Waals surface area contributed by atoms with Crippen LogP contribution in [0.2, 0.25) is 0 Å². The molecule has 8 heteroatoms.